The summed E-state index contributed by atoms with van der Waals surface area (Å²) in [5.41, 5.74) is 0.834. The highest BCUT2D eigenvalue weighted by atomic mass is 16.2. The summed E-state index contributed by atoms with van der Waals surface area (Å²) in [6.07, 6.45) is 8.23. The number of piperazine rings is 1. The van der Waals surface area contributed by atoms with Gasteiger partial charge in [-0.15, -0.1) is 0 Å². The van der Waals surface area contributed by atoms with Crippen molar-refractivity contribution in [2.45, 2.75) is 31.8 Å². The first-order valence-electron chi connectivity index (χ1n) is 8.86. The molecule has 2 aromatic heterocycles. The molecule has 24 heavy (non-hydrogen) atoms. The minimum atomic E-state index is 0.155. The summed E-state index contributed by atoms with van der Waals surface area (Å²) in [6.45, 7) is 5.52. The number of hydrogen-bond donors (Lipinski definition) is 0. The molecule has 0 bridgehead atoms. The van der Waals surface area contributed by atoms with E-state index in [1.54, 1.807) is 0 Å². The summed E-state index contributed by atoms with van der Waals surface area (Å²) in [7, 11) is 2.02. The predicted octanol–water partition coefficient (Wildman–Crippen LogP) is 2.08. The van der Waals surface area contributed by atoms with Crippen molar-refractivity contribution in [3.63, 3.8) is 0 Å². The van der Waals surface area contributed by atoms with Gasteiger partial charge in [-0.2, -0.15) is 0 Å². The van der Waals surface area contributed by atoms with Gasteiger partial charge in [0.2, 0.25) is 0 Å². The number of aromatic nitrogens is 3. The number of carbonyl (C=O) groups excluding carboxylic acids is 1. The first kappa shape index (κ1) is 15.4. The van der Waals surface area contributed by atoms with Crippen molar-refractivity contribution in [3.8, 4) is 0 Å². The molecule has 0 aromatic carbocycles. The van der Waals surface area contributed by atoms with Gasteiger partial charge in [0.25, 0.3) is 5.91 Å². The average molecular weight is 327 g/mol. The van der Waals surface area contributed by atoms with E-state index in [4.69, 9.17) is 0 Å². The monoisotopic (exact) mass is 327 g/mol. The van der Waals surface area contributed by atoms with Gasteiger partial charge >= 0.3 is 0 Å². The average Bonchev–Trinajstić information content (AvgIpc) is 3.17. The van der Waals surface area contributed by atoms with Crippen molar-refractivity contribution in [1.29, 1.82) is 0 Å². The second kappa shape index (κ2) is 6.09. The number of nitrogens with zero attached hydrogens (tertiary/aromatic N) is 5. The number of imidazole rings is 1. The normalized spacial score (nSPS) is 22.1. The Balaban J connectivity index is 1.57. The minimum Gasteiger partial charge on any atom is -0.340 e. The van der Waals surface area contributed by atoms with Gasteiger partial charge in [0.15, 0.2) is 0 Å². The molecule has 3 heterocycles. The largest absolute Gasteiger partial charge is 0.340 e. The lowest BCUT2D eigenvalue weighted by molar-refractivity contribution is 0.0463. The van der Waals surface area contributed by atoms with Gasteiger partial charge in [-0.05, 0) is 31.5 Å². The van der Waals surface area contributed by atoms with Gasteiger partial charge in [0, 0.05) is 51.3 Å². The maximum Gasteiger partial charge on any atom is 0.270 e. The van der Waals surface area contributed by atoms with Gasteiger partial charge in [-0.25, -0.2) is 4.98 Å². The molecule has 2 aromatic rings. The second-order valence-corrected chi connectivity index (χ2v) is 6.82. The van der Waals surface area contributed by atoms with Crippen LogP contribution in [0.15, 0.2) is 30.7 Å². The number of rotatable bonds is 4. The Hall–Kier alpha value is -2.08. The molecule has 6 nitrogen and oxygen atoms in total. The van der Waals surface area contributed by atoms with E-state index in [0.717, 1.165) is 31.2 Å². The highest BCUT2D eigenvalue weighted by Crippen LogP contribution is 2.36. The maximum absolute atomic E-state index is 13.1. The predicted molar refractivity (Wildman–Crippen MR) is 91.8 cm³/mol. The summed E-state index contributed by atoms with van der Waals surface area (Å²) in [5, 5.41) is 0. The van der Waals surface area contributed by atoms with E-state index < -0.39 is 0 Å². The number of carbonyl (C=O) groups is 1. The van der Waals surface area contributed by atoms with Crippen LogP contribution in [0.25, 0.3) is 0 Å². The standard InChI is InChI=1S/C18H25N5O/c1-3-21-11-12-22(13-16(21)17-19-8-10-20(17)2)18(24)15-5-4-9-23(15)14-6-7-14/h4-5,8-10,14,16H,3,6-7,11-13H2,1-2H3/t16-/m0/s1. The first-order chi connectivity index (χ1) is 11.7. The molecule has 0 radical (unpaired) electrons. The van der Waals surface area contributed by atoms with Gasteiger partial charge in [0.1, 0.15) is 11.5 Å². The topological polar surface area (TPSA) is 46.3 Å². The number of amides is 1. The Labute approximate surface area is 142 Å². The molecule has 1 aliphatic carbocycles. The van der Waals surface area contributed by atoms with Crippen molar-refractivity contribution in [3.05, 3.63) is 42.2 Å². The first-order valence-corrected chi connectivity index (χ1v) is 8.86. The summed E-state index contributed by atoms with van der Waals surface area (Å²) in [5.74, 6) is 1.19. The van der Waals surface area contributed by atoms with E-state index in [0.29, 0.717) is 12.6 Å². The zero-order chi connectivity index (χ0) is 16.7. The molecule has 1 saturated heterocycles. The van der Waals surface area contributed by atoms with Crippen LogP contribution >= 0.6 is 0 Å². The highest BCUT2D eigenvalue weighted by Gasteiger charge is 2.34. The summed E-state index contributed by atoms with van der Waals surface area (Å²) in [6, 6.07) is 4.64. The minimum absolute atomic E-state index is 0.155. The van der Waals surface area contributed by atoms with Gasteiger partial charge in [-0.3, -0.25) is 9.69 Å². The van der Waals surface area contributed by atoms with Crippen LogP contribution in [0.4, 0.5) is 0 Å². The summed E-state index contributed by atoms with van der Waals surface area (Å²) in [4.78, 5) is 22.0. The van der Waals surface area contributed by atoms with Crippen LogP contribution in [-0.4, -0.2) is 56.0 Å². The molecule has 128 valence electrons. The molecule has 2 aliphatic rings. The SMILES string of the molecule is CCN1CCN(C(=O)c2cccn2C2CC2)C[C@H]1c1nccn1C. The molecule has 0 spiro atoms. The van der Waals surface area contributed by atoms with Crippen molar-refractivity contribution >= 4 is 5.91 Å². The van der Waals surface area contributed by atoms with Crippen LogP contribution in [0.5, 0.6) is 0 Å². The zero-order valence-corrected chi connectivity index (χ0v) is 14.4. The summed E-state index contributed by atoms with van der Waals surface area (Å²) >= 11 is 0. The van der Waals surface area contributed by atoms with E-state index in [-0.39, 0.29) is 11.9 Å². The van der Waals surface area contributed by atoms with Crippen LogP contribution in [0.3, 0.4) is 0 Å². The molecule has 1 amide bonds. The molecule has 0 unspecified atom stereocenters. The van der Waals surface area contributed by atoms with Gasteiger partial charge < -0.3 is 14.0 Å². The lowest BCUT2D eigenvalue weighted by atomic mass is 10.1. The number of aryl methyl sites for hydroxylation is 1. The van der Waals surface area contributed by atoms with E-state index in [1.165, 1.54) is 12.8 Å². The van der Waals surface area contributed by atoms with E-state index >= 15 is 0 Å². The number of likely N-dealkylation sites (N-methyl/N-ethyl adjacent to an activating group) is 1. The maximum atomic E-state index is 13.1. The summed E-state index contributed by atoms with van der Waals surface area (Å²) < 4.78 is 4.22. The third kappa shape index (κ3) is 2.65. The molecule has 1 atom stereocenters. The van der Waals surface area contributed by atoms with Gasteiger partial charge in [-0.1, -0.05) is 6.92 Å². The van der Waals surface area contributed by atoms with Crippen LogP contribution in [0, 0.1) is 0 Å². The third-order valence-corrected chi connectivity index (χ3v) is 5.28. The molecule has 1 aliphatic heterocycles. The fourth-order valence-electron chi connectivity index (χ4n) is 3.73. The van der Waals surface area contributed by atoms with E-state index in [1.807, 2.05) is 42.7 Å². The Bertz CT molecular complexity index is 729. The fraction of sp³-hybridized carbons (Fsp3) is 0.556. The Morgan fingerprint density at radius 1 is 1.29 bits per heavy atom. The molecular formula is C18H25N5O. The Morgan fingerprint density at radius 3 is 2.79 bits per heavy atom. The highest BCUT2D eigenvalue weighted by molar-refractivity contribution is 5.93. The molecule has 0 N–H and O–H groups in total. The van der Waals surface area contributed by atoms with Crippen LogP contribution in [-0.2, 0) is 7.05 Å². The quantitative estimate of drug-likeness (QED) is 0.864. The van der Waals surface area contributed by atoms with Crippen molar-refractivity contribution in [1.82, 2.24) is 23.9 Å². The third-order valence-electron chi connectivity index (χ3n) is 5.28. The molecule has 1 saturated carbocycles. The fourth-order valence-corrected chi connectivity index (χ4v) is 3.73. The number of hydrogen-bond acceptors (Lipinski definition) is 3. The Kier molecular flexibility index (Phi) is 3.92. The van der Waals surface area contributed by atoms with E-state index in [9.17, 15) is 4.79 Å². The Morgan fingerprint density at radius 2 is 2.12 bits per heavy atom. The molecule has 6 heteroatoms. The lowest BCUT2D eigenvalue weighted by Crippen LogP contribution is -2.51. The zero-order valence-electron chi connectivity index (χ0n) is 14.4. The molecule has 4 rings (SSSR count). The molecular weight excluding hydrogens is 302 g/mol. The van der Waals surface area contributed by atoms with E-state index in [2.05, 4.69) is 25.9 Å². The van der Waals surface area contributed by atoms with Crippen molar-refractivity contribution in [2.75, 3.05) is 26.2 Å². The van der Waals surface area contributed by atoms with Crippen LogP contribution in [0.2, 0.25) is 0 Å². The van der Waals surface area contributed by atoms with Crippen LogP contribution in [0.1, 0.15) is 48.2 Å². The van der Waals surface area contributed by atoms with Crippen LogP contribution < -0.4 is 0 Å². The van der Waals surface area contributed by atoms with Crippen molar-refractivity contribution in [2.24, 2.45) is 7.05 Å². The van der Waals surface area contributed by atoms with Gasteiger partial charge in [0.05, 0.1) is 6.04 Å². The smallest absolute Gasteiger partial charge is 0.270 e. The van der Waals surface area contributed by atoms with Crippen molar-refractivity contribution < 1.29 is 4.79 Å². The lowest BCUT2D eigenvalue weighted by Gasteiger charge is -2.40. The molecule has 2 fully saturated rings. The second-order valence-electron chi connectivity index (χ2n) is 6.82.